The van der Waals surface area contributed by atoms with Crippen LogP contribution >= 0.6 is 0 Å². The van der Waals surface area contributed by atoms with Crippen LogP contribution in [0.4, 0.5) is 4.39 Å². The molecule has 1 atom stereocenters. The van der Waals surface area contributed by atoms with Gasteiger partial charge >= 0.3 is 0 Å². The second-order valence-electron chi connectivity index (χ2n) is 4.81. The van der Waals surface area contributed by atoms with Crippen molar-refractivity contribution in [2.45, 2.75) is 32.4 Å². The molecule has 0 aliphatic carbocycles. The number of ether oxygens (including phenoxy) is 1. The minimum absolute atomic E-state index is 0.101. The molecule has 1 aromatic heterocycles. The SMILES string of the molecule is CCC(N)Cc1nccn1Cc1ccc(OC)c(F)c1. The number of nitrogens with zero attached hydrogens (tertiary/aromatic N) is 2. The lowest BCUT2D eigenvalue weighted by Crippen LogP contribution is -2.23. The van der Waals surface area contributed by atoms with Crippen molar-refractivity contribution < 1.29 is 9.13 Å². The second kappa shape index (κ2) is 6.52. The van der Waals surface area contributed by atoms with E-state index in [0.29, 0.717) is 6.54 Å². The molecule has 4 nitrogen and oxygen atoms in total. The molecule has 0 saturated carbocycles. The molecule has 5 heteroatoms. The van der Waals surface area contributed by atoms with Crippen molar-refractivity contribution >= 4 is 0 Å². The third-order valence-corrected chi connectivity index (χ3v) is 3.34. The van der Waals surface area contributed by atoms with Gasteiger partial charge in [0.25, 0.3) is 0 Å². The average molecular weight is 277 g/mol. The molecular weight excluding hydrogens is 257 g/mol. The Labute approximate surface area is 118 Å². The van der Waals surface area contributed by atoms with Gasteiger partial charge in [0.2, 0.25) is 0 Å². The zero-order chi connectivity index (χ0) is 14.5. The van der Waals surface area contributed by atoms with Crippen LogP contribution in [0.15, 0.2) is 30.6 Å². The molecule has 20 heavy (non-hydrogen) atoms. The van der Waals surface area contributed by atoms with Crippen LogP contribution < -0.4 is 10.5 Å². The van der Waals surface area contributed by atoms with E-state index in [-0.39, 0.29) is 17.6 Å². The van der Waals surface area contributed by atoms with E-state index in [9.17, 15) is 4.39 Å². The fourth-order valence-electron chi connectivity index (χ4n) is 2.06. The van der Waals surface area contributed by atoms with Gasteiger partial charge in [-0.3, -0.25) is 0 Å². The maximum absolute atomic E-state index is 13.7. The first kappa shape index (κ1) is 14.5. The zero-order valence-electron chi connectivity index (χ0n) is 11.8. The highest BCUT2D eigenvalue weighted by molar-refractivity contribution is 5.29. The Bertz CT molecular complexity index is 568. The van der Waals surface area contributed by atoms with Crippen LogP contribution in [0, 0.1) is 5.82 Å². The number of nitrogens with two attached hydrogens (primary N) is 1. The van der Waals surface area contributed by atoms with Crippen LogP contribution in [0.5, 0.6) is 5.75 Å². The fourth-order valence-corrected chi connectivity index (χ4v) is 2.06. The third-order valence-electron chi connectivity index (χ3n) is 3.34. The molecule has 0 bridgehead atoms. The Morgan fingerprint density at radius 3 is 2.90 bits per heavy atom. The molecule has 1 aromatic carbocycles. The van der Waals surface area contributed by atoms with E-state index in [1.54, 1.807) is 12.3 Å². The maximum Gasteiger partial charge on any atom is 0.165 e. The minimum atomic E-state index is -0.350. The van der Waals surface area contributed by atoms with Gasteiger partial charge in [0, 0.05) is 31.4 Å². The second-order valence-corrected chi connectivity index (χ2v) is 4.81. The quantitative estimate of drug-likeness (QED) is 0.882. The minimum Gasteiger partial charge on any atom is -0.494 e. The molecule has 0 amide bonds. The number of halogens is 1. The number of rotatable bonds is 6. The van der Waals surface area contributed by atoms with E-state index in [2.05, 4.69) is 11.9 Å². The summed E-state index contributed by atoms with van der Waals surface area (Å²) >= 11 is 0. The third kappa shape index (κ3) is 3.36. The van der Waals surface area contributed by atoms with Gasteiger partial charge < -0.3 is 15.0 Å². The van der Waals surface area contributed by atoms with Crippen molar-refractivity contribution in [2.24, 2.45) is 5.73 Å². The van der Waals surface area contributed by atoms with Gasteiger partial charge in [-0.1, -0.05) is 13.0 Å². The lowest BCUT2D eigenvalue weighted by molar-refractivity contribution is 0.386. The van der Waals surface area contributed by atoms with Gasteiger partial charge in [0.1, 0.15) is 5.82 Å². The largest absolute Gasteiger partial charge is 0.494 e. The zero-order valence-corrected chi connectivity index (χ0v) is 11.8. The first-order valence-corrected chi connectivity index (χ1v) is 6.72. The molecule has 2 aromatic rings. The lowest BCUT2D eigenvalue weighted by atomic mass is 10.1. The summed E-state index contributed by atoms with van der Waals surface area (Å²) in [6.07, 6.45) is 5.27. The highest BCUT2D eigenvalue weighted by Crippen LogP contribution is 2.18. The first-order chi connectivity index (χ1) is 9.63. The van der Waals surface area contributed by atoms with Crippen molar-refractivity contribution in [3.8, 4) is 5.75 Å². The van der Waals surface area contributed by atoms with Crippen LogP contribution in [0.2, 0.25) is 0 Å². The van der Waals surface area contributed by atoms with Gasteiger partial charge in [-0.25, -0.2) is 9.37 Å². The van der Waals surface area contributed by atoms with E-state index in [0.717, 1.165) is 24.2 Å². The first-order valence-electron chi connectivity index (χ1n) is 6.72. The smallest absolute Gasteiger partial charge is 0.165 e. The summed E-state index contributed by atoms with van der Waals surface area (Å²) in [5.41, 5.74) is 6.83. The molecule has 0 spiro atoms. The summed E-state index contributed by atoms with van der Waals surface area (Å²) in [6.45, 7) is 2.63. The van der Waals surface area contributed by atoms with Gasteiger partial charge in [-0.05, 0) is 24.1 Å². The van der Waals surface area contributed by atoms with Crippen LogP contribution in [0.3, 0.4) is 0 Å². The van der Waals surface area contributed by atoms with Crippen LogP contribution in [0.25, 0.3) is 0 Å². The Kier molecular flexibility index (Phi) is 4.74. The number of methoxy groups -OCH3 is 1. The number of hydrogen-bond acceptors (Lipinski definition) is 3. The van der Waals surface area contributed by atoms with Crippen molar-refractivity contribution in [2.75, 3.05) is 7.11 Å². The number of hydrogen-bond donors (Lipinski definition) is 1. The molecule has 108 valence electrons. The normalized spacial score (nSPS) is 12.4. The molecule has 0 saturated heterocycles. The molecule has 1 unspecified atom stereocenters. The molecule has 0 radical (unpaired) electrons. The van der Waals surface area contributed by atoms with E-state index in [4.69, 9.17) is 10.5 Å². The number of benzene rings is 1. The monoisotopic (exact) mass is 277 g/mol. The predicted molar refractivity (Wildman–Crippen MR) is 76.3 cm³/mol. The van der Waals surface area contributed by atoms with Crippen LogP contribution in [-0.2, 0) is 13.0 Å². The Morgan fingerprint density at radius 2 is 2.25 bits per heavy atom. The molecule has 2 rings (SSSR count). The van der Waals surface area contributed by atoms with Gasteiger partial charge in [0.05, 0.1) is 7.11 Å². The molecule has 2 N–H and O–H groups in total. The maximum atomic E-state index is 13.7. The van der Waals surface area contributed by atoms with E-state index in [1.807, 2.05) is 16.8 Å². The van der Waals surface area contributed by atoms with Crippen molar-refractivity contribution in [3.05, 3.63) is 47.8 Å². The van der Waals surface area contributed by atoms with Gasteiger partial charge in [0.15, 0.2) is 11.6 Å². The summed E-state index contributed by atoms with van der Waals surface area (Å²) in [4.78, 5) is 4.32. The predicted octanol–water partition coefficient (Wildman–Crippen LogP) is 2.36. The summed E-state index contributed by atoms with van der Waals surface area (Å²) in [5.74, 6) is 0.833. The lowest BCUT2D eigenvalue weighted by Gasteiger charge is -2.12. The van der Waals surface area contributed by atoms with Crippen LogP contribution in [-0.4, -0.2) is 22.7 Å². The summed E-state index contributed by atoms with van der Waals surface area (Å²) in [7, 11) is 1.46. The summed E-state index contributed by atoms with van der Waals surface area (Å²) in [5, 5.41) is 0. The Balaban J connectivity index is 2.14. The van der Waals surface area contributed by atoms with E-state index >= 15 is 0 Å². The molecule has 0 fully saturated rings. The number of aromatic nitrogens is 2. The summed E-state index contributed by atoms with van der Waals surface area (Å²) < 4.78 is 20.6. The molecule has 0 aliphatic heterocycles. The Morgan fingerprint density at radius 1 is 1.45 bits per heavy atom. The van der Waals surface area contributed by atoms with Crippen molar-refractivity contribution in [1.82, 2.24) is 9.55 Å². The highest BCUT2D eigenvalue weighted by Gasteiger charge is 2.09. The van der Waals surface area contributed by atoms with Gasteiger partial charge in [-0.15, -0.1) is 0 Å². The van der Waals surface area contributed by atoms with E-state index in [1.165, 1.54) is 13.2 Å². The van der Waals surface area contributed by atoms with Crippen molar-refractivity contribution in [1.29, 1.82) is 0 Å². The summed E-state index contributed by atoms with van der Waals surface area (Å²) in [6, 6.07) is 5.08. The van der Waals surface area contributed by atoms with Gasteiger partial charge in [-0.2, -0.15) is 0 Å². The van der Waals surface area contributed by atoms with Crippen LogP contribution in [0.1, 0.15) is 24.7 Å². The average Bonchev–Trinajstić information content (AvgIpc) is 2.86. The number of imidazole rings is 1. The molecule has 0 aliphatic rings. The molecule has 1 heterocycles. The molecular formula is C15H20FN3O. The standard InChI is InChI=1S/C15H20FN3O/c1-3-12(17)9-15-18-6-7-19(15)10-11-4-5-14(20-2)13(16)8-11/h4-8,12H,3,9-10,17H2,1-2H3. The Hall–Kier alpha value is -1.88. The van der Waals surface area contributed by atoms with Crippen molar-refractivity contribution in [3.63, 3.8) is 0 Å². The fraction of sp³-hybridized carbons (Fsp3) is 0.400. The van der Waals surface area contributed by atoms with E-state index < -0.39 is 0 Å². The topological polar surface area (TPSA) is 53.1 Å². The highest BCUT2D eigenvalue weighted by atomic mass is 19.1.